The molecule has 0 fully saturated rings. The van der Waals surface area contributed by atoms with E-state index < -0.39 is 5.54 Å². The minimum Gasteiger partial charge on any atom is -0.461 e. The highest BCUT2D eigenvalue weighted by atomic mass is 16.5. The monoisotopic (exact) mass is 462 g/mol. The van der Waals surface area contributed by atoms with Gasteiger partial charge in [-0.25, -0.2) is 0 Å². The number of nitrogens with zero attached hydrogens (tertiary/aromatic N) is 2. The highest BCUT2D eigenvalue weighted by Crippen LogP contribution is 2.39. The van der Waals surface area contributed by atoms with E-state index in [0.717, 1.165) is 53.7 Å². The highest BCUT2D eigenvalue weighted by Gasteiger charge is 2.43. The summed E-state index contributed by atoms with van der Waals surface area (Å²) in [5.74, 6) is 1.23. The number of allylic oxidation sites excluding steroid dienone is 5. The van der Waals surface area contributed by atoms with Crippen LogP contribution >= 0.6 is 0 Å². The summed E-state index contributed by atoms with van der Waals surface area (Å²) < 4.78 is 6.19. The highest BCUT2D eigenvalue weighted by molar-refractivity contribution is 6.14. The molecule has 0 saturated heterocycles. The lowest BCUT2D eigenvalue weighted by molar-refractivity contribution is 0.428. The molecule has 0 spiro atoms. The van der Waals surface area contributed by atoms with E-state index >= 15 is 0 Å². The fourth-order valence-corrected chi connectivity index (χ4v) is 3.35. The van der Waals surface area contributed by atoms with Crippen LogP contribution in [0.3, 0.4) is 0 Å². The van der Waals surface area contributed by atoms with Crippen molar-refractivity contribution in [1.29, 1.82) is 0 Å². The quantitative estimate of drug-likeness (QED) is 0.0821. The van der Waals surface area contributed by atoms with Gasteiger partial charge in [0.2, 0.25) is 0 Å². The molecule has 1 aliphatic rings. The molecule has 0 saturated carbocycles. The van der Waals surface area contributed by atoms with Crippen LogP contribution in [0.1, 0.15) is 58.9 Å². The summed E-state index contributed by atoms with van der Waals surface area (Å²) in [5.41, 5.74) is 16.0. The Hall–Kier alpha value is -3.25. The Morgan fingerprint density at radius 3 is 2.62 bits per heavy atom. The van der Waals surface area contributed by atoms with Crippen molar-refractivity contribution in [2.75, 3.05) is 18.8 Å². The van der Waals surface area contributed by atoms with Crippen molar-refractivity contribution < 1.29 is 4.74 Å². The van der Waals surface area contributed by atoms with Gasteiger partial charge in [-0.3, -0.25) is 4.99 Å². The molecule has 6 heteroatoms. The fourth-order valence-electron chi connectivity index (χ4n) is 3.35. The Labute approximate surface area is 203 Å². The maximum Gasteiger partial charge on any atom is 0.145 e. The first-order chi connectivity index (χ1) is 16.3. The number of nitroso groups, excluding NO2 is 1. The normalized spacial score (nSPS) is 18.7. The molecule has 2 rings (SSSR count). The van der Waals surface area contributed by atoms with Gasteiger partial charge in [-0.1, -0.05) is 56.7 Å². The summed E-state index contributed by atoms with van der Waals surface area (Å²) >= 11 is 0. The number of hydrogen-bond acceptors (Lipinski definition) is 6. The molecule has 34 heavy (non-hydrogen) atoms. The van der Waals surface area contributed by atoms with E-state index in [1.807, 2.05) is 43.4 Å². The summed E-state index contributed by atoms with van der Waals surface area (Å²) in [6.07, 6.45) is 13.8. The fraction of sp³-hybridized carbons (Fsp3) is 0.393. The molecule has 182 valence electrons. The van der Waals surface area contributed by atoms with Crippen LogP contribution in [0.25, 0.3) is 5.57 Å². The number of aliphatic imine (C=N–C) groups is 1. The van der Waals surface area contributed by atoms with Gasteiger partial charge in [-0.2, -0.15) is 0 Å². The molecule has 1 unspecified atom stereocenters. The summed E-state index contributed by atoms with van der Waals surface area (Å²) in [7, 11) is 0. The lowest BCUT2D eigenvalue weighted by Crippen LogP contribution is -2.10. The average Bonchev–Trinajstić information content (AvgIpc) is 3.50. The van der Waals surface area contributed by atoms with Crippen LogP contribution in [-0.4, -0.2) is 24.3 Å². The average molecular weight is 463 g/mol. The van der Waals surface area contributed by atoms with Crippen molar-refractivity contribution in [2.24, 2.45) is 15.9 Å². The van der Waals surface area contributed by atoms with Crippen molar-refractivity contribution in [3.8, 4) is 5.75 Å². The Kier molecular flexibility index (Phi) is 10.2. The second kappa shape index (κ2) is 12.8. The van der Waals surface area contributed by atoms with E-state index in [2.05, 4.69) is 36.7 Å². The molecule has 1 aromatic rings. The van der Waals surface area contributed by atoms with Gasteiger partial charge >= 0.3 is 0 Å². The summed E-state index contributed by atoms with van der Waals surface area (Å²) in [4.78, 5) is 15.9. The molecule has 0 aliphatic heterocycles. The third-order valence-electron chi connectivity index (χ3n) is 5.54. The lowest BCUT2D eigenvalue weighted by Gasteiger charge is -2.13. The minimum absolute atomic E-state index is 0.473. The van der Waals surface area contributed by atoms with E-state index in [1.165, 1.54) is 0 Å². The van der Waals surface area contributed by atoms with E-state index in [4.69, 9.17) is 16.2 Å². The van der Waals surface area contributed by atoms with Gasteiger partial charge in [0.25, 0.3) is 0 Å². The van der Waals surface area contributed by atoms with Gasteiger partial charge < -0.3 is 16.2 Å². The Morgan fingerprint density at radius 1 is 1.24 bits per heavy atom. The first-order valence-corrected chi connectivity index (χ1v) is 11.9. The molecule has 0 amide bonds. The first kappa shape index (κ1) is 27.0. The van der Waals surface area contributed by atoms with E-state index in [1.54, 1.807) is 13.0 Å². The molecule has 0 radical (unpaired) electrons. The molecule has 1 aliphatic carbocycles. The third kappa shape index (κ3) is 7.66. The molecule has 0 bridgehead atoms. The van der Waals surface area contributed by atoms with Crippen LogP contribution in [0.15, 0.2) is 82.2 Å². The van der Waals surface area contributed by atoms with Gasteiger partial charge in [0.1, 0.15) is 17.0 Å². The minimum atomic E-state index is -0.783. The number of unbranched alkanes of at least 4 members (excludes halogenated alkanes) is 2. The van der Waals surface area contributed by atoms with Crippen molar-refractivity contribution in [1.82, 2.24) is 0 Å². The number of nitrogens with two attached hydrogens (primary N) is 2. The van der Waals surface area contributed by atoms with Crippen LogP contribution in [0, 0.1) is 4.91 Å². The molecule has 6 nitrogen and oxygen atoms in total. The number of benzene rings is 1. The second-order valence-electron chi connectivity index (χ2n) is 8.66. The second-order valence-corrected chi connectivity index (χ2v) is 8.66. The maximum absolute atomic E-state index is 11.2. The van der Waals surface area contributed by atoms with Crippen LogP contribution < -0.4 is 16.2 Å². The van der Waals surface area contributed by atoms with Crippen molar-refractivity contribution in [3.63, 3.8) is 0 Å². The Morgan fingerprint density at radius 2 is 2.00 bits per heavy atom. The SMILES string of the molecule is C=C(/C=C\C(=C/CCC)CN)c1ccc(N)cc1O/C(C)=C/C(=N\CCCC)C1=CC1(C)N=O. The van der Waals surface area contributed by atoms with Crippen LogP contribution in [0.2, 0.25) is 0 Å². The Balaban J connectivity index is 2.28. The molecule has 1 atom stereocenters. The van der Waals surface area contributed by atoms with Crippen LogP contribution in [0.5, 0.6) is 5.75 Å². The zero-order valence-electron chi connectivity index (χ0n) is 20.9. The topological polar surface area (TPSA) is 103 Å². The van der Waals surface area contributed by atoms with Gasteiger partial charge in [-0.05, 0) is 56.0 Å². The number of hydrogen-bond donors (Lipinski definition) is 2. The summed E-state index contributed by atoms with van der Waals surface area (Å²) in [6.45, 7) is 13.3. The number of ether oxygens (including phenoxy) is 1. The van der Waals surface area contributed by atoms with Crippen molar-refractivity contribution >= 4 is 17.0 Å². The van der Waals surface area contributed by atoms with Gasteiger partial charge in [0, 0.05) is 42.1 Å². The number of anilines is 1. The van der Waals surface area contributed by atoms with Gasteiger partial charge in [0.15, 0.2) is 0 Å². The lowest BCUT2D eigenvalue weighted by atomic mass is 10.0. The summed E-state index contributed by atoms with van der Waals surface area (Å²) in [5, 5.41) is 3.22. The van der Waals surface area contributed by atoms with Crippen LogP contribution in [0.4, 0.5) is 5.69 Å². The van der Waals surface area contributed by atoms with E-state index in [-0.39, 0.29) is 0 Å². The summed E-state index contributed by atoms with van der Waals surface area (Å²) in [6, 6.07) is 5.50. The molecule has 0 aromatic heterocycles. The Bertz CT molecular complexity index is 1050. The molecule has 1 aromatic carbocycles. The smallest absolute Gasteiger partial charge is 0.145 e. The zero-order valence-corrected chi connectivity index (χ0v) is 20.9. The predicted octanol–water partition coefficient (Wildman–Crippen LogP) is 6.51. The zero-order chi connectivity index (χ0) is 25.1. The molecule has 0 heterocycles. The molecular weight excluding hydrogens is 424 g/mol. The van der Waals surface area contributed by atoms with E-state index in [0.29, 0.717) is 30.3 Å². The largest absolute Gasteiger partial charge is 0.461 e. The third-order valence-corrected chi connectivity index (χ3v) is 5.54. The maximum atomic E-state index is 11.2. The molecule has 4 N–H and O–H groups in total. The van der Waals surface area contributed by atoms with Gasteiger partial charge in [0.05, 0.1) is 5.71 Å². The molecular formula is C28H38N4O2. The van der Waals surface area contributed by atoms with Gasteiger partial charge in [-0.15, -0.1) is 4.91 Å². The predicted molar refractivity (Wildman–Crippen MR) is 145 cm³/mol. The van der Waals surface area contributed by atoms with Crippen LogP contribution in [-0.2, 0) is 0 Å². The standard InChI is InChI=1S/C28H38N4O2/c1-6-8-10-22(19-29)12-11-20(3)24-14-13-23(30)17-27(24)34-21(4)16-26(31-15-9-7-2)25-18-28(25,5)32-33/h10-14,16-18H,3,6-9,15,19,29-30H2,1-2,4-5H3/b12-11-,21-16+,22-10+,31-26+. The van der Waals surface area contributed by atoms with Crippen molar-refractivity contribution in [2.45, 2.75) is 58.9 Å². The number of rotatable bonds is 14. The first-order valence-electron chi connectivity index (χ1n) is 11.9. The van der Waals surface area contributed by atoms with E-state index in [9.17, 15) is 4.91 Å². The van der Waals surface area contributed by atoms with Crippen molar-refractivity contribution in [3.05, 3.63) is 82.5 Å². The number of nitrogen functional groups attached to an aromatic ring is 1.